The van der Waals surface area contributed by atoms with Gasteiger partial charge in [-0.2, -0.15) is 0 Å². The zero-order valence-corrected chi connectivity index (χ0v) is 12.0. The highest BCUT2D eigenvalue weighted by molar-refractivity contribution is 5.79. The maximum Gasteiger partial charge on any atom is 0.208 e. The van der Waals surface area contributed by atoms with E-state index in [1.165, 1.54) is 25.7 Å². The zero-order chi connectivity index (χ0) is 13.1. The van der Waals surface area contributed by atoms with Crippen molar-refractivity contribution in [1.82, 2.24) is 10.3 Å². The summed E-state index contributed by atoms with van der Waals surface area (Å²) in [5.41, 5.74) is 2.97. The van der Waals surface area contributed by atoms with Crippen LogP contribution in [-0.2, 0) is 0 Å². The van der Waals surface area contributed by atoms with E-state index >= 15 is 0 Å². The SMILES string of the molecule is CC(N(C)C(=NC1CCCC1)NN)C(C)(C)C. The maximum absolute atomic E-state index is 5.61. The normalized spacial score (nSPS) is 20.5. The highest BCUT2D eigenvalue weighted by Gasteiger charge is 2.26. The minimum atomic E-state index is 0.210. The summed E-state index contributed by atoms with van der Waals surface area (Å²) in [4.78, 5) is 6.89. The molecule has 3 N–H and O–H groups in total. The van der Waals surface area contributed by atoms with Gasteiger partial charge in [0, 0.05) is 13.1 Å². The van der Waals surface area contributed by atoms with E-state index in [0.717, 1.165) is 5.96 Å². The van der Waals surface area contributed by atoms with Gasteiger partial charge in [0.05, 0.1) is 6.04 Å². The molecule has 1 aliphatic carbocycles. The van der Waals surface area contributed by atoms with E-state index in [9.17, 15) is 0 Å². The Morgan fingerprint density at radius 1 is 1.35 bits per heavy atom. The van der Waals surface area contributed by atoms with Crippen LogP contribution in [0.25, 0.3) is 0 Å². The number of hydrazine groups is 1. The van der Waals surface area contributed by atoms with Gasteiger partial charge in [0.15, 0.2) is 0 Å². The molecule has 1 atom stereocenters. The van der Waals surface area contributed by atoms with E-state index < -0.39 is 0 Å². The Hall–Kier alpha value is -0.770. The second-order valence-electron chi connectivity index (χ2n) is 6.19. The van der Waals surface area contributed by atoms with Crippen LogP contribution in [0.4, 0.5) is 0 Å². The molecule has 0 aromatic heterocycles. The van der Waals surface area contributed by atoms with Gasteiger partial charge in [-0.15, -0.1) is 0 Å². The molecule has 4 nitrogen and oxygen atoms in total. The van der Waals surface area contributed by atoms with Crippen molar-refractivity contribution in [1.29, 1.82) is 0 Å². The summed E-state index contributed by atoms with van der Waals surface area (Å²) in [5, 5.41) is 0. The predicted octanol–water partition coefficient (Wildman–Crippen LogP) is 2.11. The van der Waals surface area contributed by atoms with Crippen LogP contribution in [0.2, 0.25) is 0 Å². The quantitative estimate of drug-likeness (QED) is 0.336. The molecule has 0 radical (unpaired) electrons. The van der Waals surface area contributed by atoms with Crippen LogP contribution in [0.1, 0.15) is 53.4 Å². The molecule has 0 amide bonds. The van der Waals surface area contributed by atoms with Gasteiger partial charge in [-0.1, -0.05) is 33.6 Å². The van der Waals surface area contributed by atoms with Crippen molar-refractivity contribution in [3.05, 3.63) is 0 Å². The Balaban J connectivity index is 2.72. The first-order chi connectivity index (χ1) is 7.86. The molecule has 0 spiro atoms. The van der Waals surface area contributed by atoms with Crippen molar-refractivity contribution in [2.45, 2.75) is 65.5 Å². The number of guanidine groups is 1. The Morgan fingerprint density at radius 2 is 1.88 bits per heavy atom. The van der Waals surface area contributed by atoms with Gasteiger partial charge < -0.3 is 4.90 Å². The van der Waals surface area contributed by atoms with Crippen molar-refractivity contribution >= 4 is 5.96 Å². The van der Waals surface area contributed by atoms with Crippen molar-refractivity contribution in [2.24, 2.45) is 16.3 Å². The predicted molar refractivity (Wildman–Crippen MR) is 73.7 cm³/mol. The molecular formula is C13H28N4. The molecular weight excluding hydrogens is 212 g/mol. The van der Waals surface area contributed by atoms with E-state index in [1.807, 2.05) is 0 Å². The summed E-state index contributed by atoms with van der Waals surface area (Å²) < 4.78 is 0. The fourth-order valence-corrected chi connectivity index (χ4v) is 2.20. The number of rotatable bonds is 2. The smallest absolute Gasteiger partial charge is 0.208 e. The van der Waals surface area contributed by atoms with Gasteiger partial charge >= 0.3 is 0 Å². The second-order valence-corrected chi connectivity index (χ2v) is 6.19. The van der Waals surface area contributed by atoms with E-state index in [2.05, 4.69) is 45.1 Å². The molecule has 0 aromatic carbocycles. The first-order valence-corrected chi connectivity index (χ1v) is 6.63. The number of nitrogens with zero attached hydrogens (tertiary/aromatic N) is 2. The van der Waals surface area contributed by atoms with Crippen LogP contribution < -0.4 is 11.3 Å². The molecule has 0 heterocycles. The van der Waals surface area contributed by atoms with Gasteiger partial charge in [-0.25, -0.2) is 10.8 Å². The van der Waals surface area contributed by atoms with E-state index in [-0.39, 0.29) is 5.41 Å². The summed E-state index contributed by atoms with van der Waals surface area (Å²) in [6.07, 6.45) is 4.99. The van der Waals surface area contributed by atoms with E-state index in [1.54, 1.807) is 0 Å². The Labute approximate surface area is 106 Å². The molecule has 1 rings (SSSR count). The van der Waals surface area contributed by atoms with E-state index in [0.29, 0.717) is 12.1 Å². The summed E-state index contributed by atoms with van der Waals surface area (Å²) in [7, 11) is 2.06. The highest BCUT2D eigenvalue weighted by atomic mass is 15.4. The topological polar surface area (TPSA) is 53.6 Å². The van der Waals surface area contributed by atoms with Gasteiger partial charge in [0.25, 0.3) is 0 Å². The third-order valence-corrected chi connectivity index (χ3v) is 3.93. The molecule has 17 heavy (non-hydrogen) atoms. The standard InChI is InChI=1S/C13H28N4/c1-10(13(2,3)4)17(5)12(16-14)15-11-8-6-7-9-11/h10-11H,6-9,14H2,1-5H3,(H,15,16). The Morgan fingerprint density at radius 3 is 2.29 bits per heavy atom. The zero-order valence-electron chi connectivity index (χ0n) is 12.0. The second kappa shape index (κ2) is 5.71. The molecule has 0 aliphatic heterocycles. The monoisotopic (exact) mass is 240 g/mol. The highest BCUT2D eigenvalue weighted by Crippen LogP contribution is 2.24. The van der Waals surface area contributed by atoms with Crippen molar-refractivity contribution in [2.75, 3.05) is 7.05 Å². The molecule has 0 saturated heterocycles. The molecule has 1 aliphatic rings. The summed E-state index contributed by atoms with van der Waals surface area (Å²) >= 11 is 0. The maximum atomic E-state index is 5.61. The lowest BCUT2D eigenvalue weighted by atomic mass is 9.87. The van der Waals surface area contributed by atoms with Crippen molar-refractivity contribution in [3.8, 4) is 0 Å². The summed E-state index contributed by atoms with van der Waals surface area (Å²) in [6.45, 7) is 8.91. The van der Waals surface area contributed by atoms with E-state index in [4.69, 9.17) is 10.8 Å². The van der Waals surface area contributed by atoms with Crippen LogP contribution in [0.5, 0.6) is 0 Å². The Bertz CT molecular complexity index is 261. The first-order valence-electron chi connectivity index (χ1n) is 6.63. The molecule has 0 bridgehead atoms. The fraction of sp³-hybridized carbons (Fsp3) is 0.923. The third-order valence-electron chi connectivity index (χ3n) is 3.93. The van der Waals surface area contributed by atoms with Crippen LogP contribution in [0.3, 0.4) is 0 Å². The minimum absolute atomic E-state index is 0.210. The van der Waals surface area contributed by atoms with Gasteiger partial charge in [-0.3, -0.25) is 5.43 Å². The number of hydrogen-bond donors (Lipinski definition) is 2. The number of nitrogens with two attached hydrogens (primary N) is 1. The third kappa shape index (κ3) is 3.87. The summed E-state index contributed by atoms with van der Waals surface area (Å²) in [5.74, 6) is 6.43. The molecule has 1 fully saturated rings. The van der Waals surface area contributed by atoms with Gasteiger partial charge in [0.2, 0.25) is 5.96 Å². The molecule has 1 unspecified atom stereocenters. The minimum Gasteiger partial charge on any atom is -0.342 e. The van der Waals surface area contributed by atoms with Crippen molar-refractivity contribution in [3.63, 3.8) is 0 Å². The fourth-order valence-electron chi connectivity index (χ4n) is 2.20. The number of aliphatic imine (C=N–C) groups is 1. The lowest BCUT2D eigenvalue weighted by Gasteiger charge is -2.37. The number of hydrogen-bond acceptors (Lipinski definition) is 2. The molecule has 4 heteroatoms. The largest absolute Gasteiger partial charge is 0.342 e. The molecule has 0 aromatic rings. The van der Waals surface area contributed by atoms with Gasteiger partial charge in [0.1, 0.15) is 0 Å². The average Bonchev–Trinajstić information content (AvgIpc) is 2.75. The first kappa shape index (κ1) is 14.3. The molecule has 1 saturated carbocycles. The Kier molecular flexibility index (Phi) is 4.80. The van der Waals surface area contributed by atoms with Crippen LogP contribution in [0.15, 0.2) is 4.99 Å². The average molecular weight is 240 g/mol. The lowest BCUT2D eigenvalue weighted by molar-refractivity contribution is 0.203. The molecule has 100 valence electrons. The van der Waals surface area contributed by atoms with Crippen molar-refractivity contribution < 1.29 is 0 Å². The lowest BCUT2D eigenvalue weighted by Crippen LogP contribution is -2.51. The van der Waals surface area contributed by atoms with Crippen LogP contribution in [0, 0.1) is 5.41 Å². The number of nitrogens with one attached hydrogen (secondary N) is 1. The summed E-state index contributed by atoms with van der Waals surface area (Å²) in [6, 6.07) is 0.842. The van der Waals surface area contributed by atoms with Gasteiger partial charge in [-0.05, 0) is 25.2 Å². The van der Waals surface area contributed by atoms with Crippen LogP contribution >= 0.6 is 0 Å². The van der Waals surface area contributed by atoms with Crippen LogP contribution in [-0.4, -0.2) is 30.0 Å².